The molecule has 2 atom stereocenters. The van der Waals surface area contributed by atoms with E-state index in [-0.39, 0.29) is 11.6 Å². The van der Waals surface area contributed by atoms with Crippen LogP contribution in [0.4, 0.5) is 4.79 Å². The first-order chi connectivity index (χ1) is 6.96. The molecule has 86 valence electrons. The number of amides is 2. The molecule has 0 radical (unpaired) electrons. The van der Waals surface area contributed by atoms with Crippen molar-refractivity contribution in [3.8, 4) is 0 Å². The van der Waals surface area contributed by atoms with E-state index in [1.54, 1.807) is 0 Å². The van der Waals surface area contributed by atoms with E-state index in [1.165, 1.54) is 6.42 Å². The van der Waals surface area contributed by atoms with Crippen molar-refractivity contribution in [3.63, 3.8) is 0 Å². The number of urea groups is 1. The summed E-state index contributed by atoms with van der Waals surface area (Å²) in [6.07, 6.45) is 1.21. The third-order valence-corrected chi connectivity index (χ3v) is 3.13. The third kappa shape index (κ3) is 2.43. The molecule has 4 nitrogen and oxygen atoms in total. The normalized spacial score (nSPS) is 30.5. The molecule has 15 heavy (non-hydrogen) atoms. The first-order valence-electron chi connectivity index (χ1n) is 5.76. The van der Waals surface area contributed by atoms with Crippen molar-refractivity contribution in [1.82, 2.24) is 15.5 Å². The topological polar surface area (TPSA) is 44.4 Å². The summed E-state index contributed by atoms with van der Waals surface area (Å²) < 4.78 is 0. The van der Waals surface area contributed by atoms with Gasteiger partial charge in [-0.2, -0.15) is 0 Å². The van der Waals surface area contributed by atoms with Crippen molar-refractivity contribution in [2.45, 2.75) is 38.8 Å². The minimum absolute atomic E-state index is 0.0821. The molecule has 0 spiro atoms. The highest BCUT2D eigenvalue weighted by atomic mass is 16.2. The number of hydrogen-bond acceptors (Lipinski definition) is 2. The number of likely N-dealkylation sites (tertiary alicyclic amines) is 1. The van der Waals surface area contributed by atoms with Gasteiger partial charge < -0.3 is 15.5 Å². The molecule has 0 bridgehead atoms. The number of hydrogen-bond donors (Lipinski definition) is 2. The fourth-order valence-corrected chi connectivity index (χ4v) is 2.41. The molecule has 0 aromatic rings. The lowest BCUT2D eigenvalue weighted by atomic mass is 10.1. The average molecular weight is 211 g/mol. The number of rotatable bonds is 0. The van der Waals surface area contributed by atoms with Gasteiger partial charge in [0.05, 0.1) is 0 Å². The first-order valence-corrected chi connectivity index (χ1v) is 5.76. The zero-order valence-electron chi connectivity index (χ0n) is 9.84. The van der Waals surface area contributed by atoms with Crippen LogP contribution in [0.5, 0.6) is 0 Å². The second kappa shape index (κ2) is 3.67. The van der Waals surface area contributed by atoms with Crippen LogP contribution in [0.3, 0.4) is 0 Å². The van der Waals surface area contributed by atoms with Gasteiger partial charge in [0.1, 0.15) is 0 Å². The maximum absolute atomic E-state index is 11.9. The second-order valence-electron chi connectivity index (χ2n) is 5.69. The van der Waals surface area contributed by atoms with Gasteiger partial charge >= 0.3 is 6.03 Å². The maximum Gasteiger partial charge on any atom is 0.317 e. The van der Waals surface area contributed by atoms with E-state index in [0.717, 1.165) is 19.6 Å². The van der Waals surface area contributed by atoms with Crippen LogP contribution in [0.2, 0.25) is 0 Å². The lowest BCUT2D eigenvalue weighted by Crippen LogP contribution is -2.48. The second-order valence-corrected chi connectivity index (χ2v) is 5.69. The predicted molar refractivity (Wildman–Crippen MR) is 59.8 cm³/mol. The van der Waals surface area contributed by atoms with Crippen molar-refractivity contribution in [2.24, 2.45) is 5.92 Å². The Labute approximate surface area is 91.4 Å². The summed E-state index contributed by atoms with van der Waals surface area (Å²) in [7, 11) is 0. The molecule has 0 aliphatic carbocycles. The molecule has 0 aromatic heterocycles. The lowest BCUT2D eigenvalue weighted by molar-refractivity contribution is 0.196. The molecule has 2 unspecified atom stereocenters. The molecule has 2 aliphatic rings. The van der Waals surface area contributed by atoms with Gasteiger partial charge in [-0.05, 0) is 39.7 Å². The van der Waals surface area contributed by atoms with E-state index in [2.05, 4.69) is 10.6 Å². The molecular formula is C11H21N3O. The van der Waals surface area contributed by atoms with E-state index in [0.29, 0.717) is 12.0 Å². The smallest absolute Gasteiger partial charge is 0.317 e. The third-order valence-electron chi connectivity index (χ3n) is 3.13. The summed E-state index contributed by atoms with van der Waals surface area (Å²) >= 11 is 0. The molecule has 2 amide bonds. The van der Waals surface area contributed by atoms with Gasteiger partial charge in [0.15, 0.2) is 0 Å². The summed E-state index contributed by atoms with van der Waals surface area (Å²) in [6.45, 7) is 8.94. The van der Waals surface area contributed by atoms with Gasteiger partial charge in [-0.15, -0.1) is 0 Å². The Kier molecular flexibility index (Phi) is 2.63. The van der Waals surface area contributed by atoms with Crippen molar-refractivity contribution >= 4 is 6.03 Å². The zero-order chi connectivity index (χ0) is 11.1. The van der Waals surface area contributed by atoms with Crippen LogP contribution >= 0.6 is 0 Å². The number of nitrogens with zero attached hydrogens (tertiary/aromatic N) is 1. The van der Waals surface area contributed by atoms with Crippen LogP contribution < -0.4 is 10.6 Å². The highest BCUT2D eigenvalue weighted by molar-refractivity contribution is 5.75. The van der Waals surface area contributed by atoms with Gasteiger partial charge in [-0.1, -0.05) is 0 Å². The number of nitrogens with one attached hydrogen (secondary N) is 2. The standard InChI is InChI=1S/C11H21N3O/c1-11(2,3)13-10(15)14-6-8-4-5-12-9(8)7-14/h8-9,12H,4-7H2,1-3H3,(H,13,15). The summed E-state index contributed by atoms with van der Waals surface area (Å²) in [6, 6.07) is 0.620. The van der Waals surface area contributed by atoms with Gasteiger partial charge in [0, 0.05) is 24.7 Å². The number of fused-ring (bicyclic) bond motifs is 1. The highest BCUT2D eigenvalue weighted by Gasteiger charge is 2.38. The van der Waals surface area contributed by atoms with Crippen LogP contribution in [0.15, 0.2) is 0 Å². The summed E-state index contributed by atoms with van der Waals surface area (Å²) in [5.41, 5.74) is -0.137. The quantitative estimate of drug-likeness (QED) is 0.622. The Bertz CT molecular complexity index is 247. The van der Waals surface area contributed by atoms with Crippen LogP contribution in [0, 0.1) is 5.92 Å². The van der Waals surface area contributed by atoms with E-state index in [1.807, 2.05) is 25.7 Å². The molecule has 2 saturated heterocycles. The minimum atomic E-state index is -0.137. The SMILES string of the molecule is CC(C)(C)NC(=O)N1CC2CCNC2C1. The fraction of sp³-hybridized carbons (Fsp3) is 0.909. The molecule has 2 N–H and O–H groups in total. The Morgan fingerprint density at radius 1 is 1.40 bits per heavy atom. The van der Waals surface area contributed by atoms with Gasteiger partial charge in [0.2, 0.25) is 0 Å². The zero-order valence-corrected chi connectivity index (χ0v) is 9.84. The van der Waals surface area contributed by atoms with Crippen LogP contribution in [0.25, 0.3) is 0 Å². The number of carbonyl (C=O) groups excluding carboxylic acids is 1. The Balaban J connectivity index is 1.88. The van der Waals surface area contributed by atoms with Crippen molar-refractivity contribution in [2.75, 3.05) is 19.6 Å². The fourth-order valence-electron chi connectivity index (χ4n) is 2.41. The molecule has 0 saturated carbocycles. The molecular weight excluding hydrogens is 190 g/mol. The van der Waals surface area contributed by atoms with Crippen LogP contribution in [-0.4, -0.2) is 42.1 Å². The predicted octanol–water partition coefficient (Wildman–Crippen LogP) is 0.788. The molecule has 4 heteroatoms. The van der Waals surface area contributed by atoms with Crippen molar-refractivity contribution in [3.05, 3.63) is 0 Å². The molecule has 2 aliphatic heterocycles. The van der Waals surface area contributed by atoms with Crippen molar-refractivity contribution in [1.29, 1.82) is 0 Å². The monoisotopic (exact) mass is 211 g/mol. The van der Waals surface area contributed by atoms with Gasteiger partial charge in [0.25, 0.3) is 0 Å². The average Bonchev–Trinajstić information content (AvgIpc) is 2.56. The first kappa shape index (κ1) is 10.7. The van der Waals surface area contributed by atoms with Crippen molar-refractivity contribution < 1.29 is 4.79 Å². The largest absolute Gasteiger partial charge is 0.333 e. The number of carbonyl (C=O) groups is 1. The summed E-state index contributed by atoms with van der Waals surface area (Å²) in [4.78, 5) is 13.8. The summed E-state index contributed by atoms with van der Waals surface area (Å²) in [5, 5.41) is 6.45. The molecule has 2 rings (SSSR count). The Morgan fingerprint density at radius 2 is 2.13 bits per heavy atom. The molecule has 2 fully saturated rings. The molecule has 2 heterocycles. The summed E-state index contributed by atoms with van der Waals surface area (Å²) in [5.74, 6) is 0.677. The highest BCUT2D eigenvalue weighted by Crippen LogP contribution is 2.24. The minimum Gasteiger partial charge on any atom is -0.333 e. The van der Waals surface area contributed by atoms with Crippen LogP contribution in [-0.2, 0) is 0 Å². The van der Waals surface area contributed by atoms with E-state index >= 15 is 0 Å². The van der Waals surface area contributed by atoms with Crippen LogP contribution in [0.1, 0.15) is 27.2 Å². The Morgan fingerprint density at radius 3 is 2.73 bits per heavy atom. The lowest BCUT2D eigenvalue weighted by Gasteiger charge is -2.26. The molecule has 0 aromatic carbocycles. The van der Waals surface area contributed by atoms with E-state index in [9.17, 15) is 4.79 Å². The van der Waals surface area contributed by atoms with Gasteiger partial charge in [-0.3, -0.25) is 0 Å². The van der Waals surface area contributed by atoms with E-state index < -0.39 is 0 Å². The van der Waals surface area contributed by atoms with Gasteiger partial charge in [-0.25, -0.2) is 4.79 Å². The Hall–Kier alpha value is -0.770. The maximum atomic E-state index is 11.9. The van der Waals surface area contributed by atoms with E-state index in [4.69, 9.17) is 0 Å².